The van der Waals surface area contributed by atoms with Gasteiger partial charge in [0, 0.05) is 24.4 Å². The van der Waals surface area contributed by atoms with Crippen LogP contribution in [-0.4, -0.2) is 47.1 Å². The maximum Gasteiger partial charge on any atom is 0.410 e. The van der Waals surface area contributed by atoms with Crippen LogP contribution in [0.3, 0.4) is 0 Å². The summed E-state index contributed by atoms with van der Waals surface area (Å²) >= 11 is 1.40. The van der Waals surface area contributed by atoms with E-state index in [0.29, 0.717) is 24.1 Å². The average Bonchev–Trinajstić information content (AvgIpc) is 2.94. The highest BCUT2D eigenvalue weighted by molar-refractivity contribution is 7.13. The van der Waals surface area contributed by atoms with Gasteiger partial charge in [-0.3, -0.25) is 4.79 Å². The van der Waals surface area contributed by atoms with Gasteiger partial charge in [-0.2, -0.15) is 0 Å². The number of nitrogens with two attached hydrogens (primary N) is 1. The average molecular weight is 340 g/mol. The van der Waals surface area contributed by atoms with Crippen molar-refractivity contribution in [1.29, 1.82) is 0 Å². The van der Waals surface area contributed by atoms with Crippen LogP contribution >= 0.6 is 11.3 Å². The first-order chi connectivity index (χ1) is 10.8. The molecule has 0 atom stereocenters. The highest BCUT2D eigenvalue weighted by Gasteiger charge is 2.28. The van der Waals surface area contributed by atoms with E-state index in [4.69, 9.17) is 10.5 Å². The Bertz CT molecular complexity index is 559. The van der Waals surface area contributed by atoms with Crippen molar-refractivity contribution in [2.24, 2.45) is 5.73 Å². The predicted molar refractivity (Wildman–Crippen MR) is 89.6 cm³/mol. The number of carbonyl (C=O) groups is 2. The Hall–Kier alpha value is -1.67. The minimum atomic E-state index is -0.473. The molecule has 1 aliphatic heterocycles. The number of ether oxygens (including phenoxy) is 1. The van der Waals surface area contributed by atoms with Crippen molar-refractivity contribution in [2.45, 2.75) is 45.1 Å². The number of piperidine rings is 1. The fourth-order valence-electron chi connectivity index (χ4n) is 2.39. The monoisotopic (exact) mass is 340 g/mol. The summed E-state index contributed by atoms with van der Waals surface area (Å²) in [5.41, 5.74) is 5.76. The second kappa shape index (κ2) is 7.27. The van der Waals surface area contributed by atoms with E-state index in [1.165, 1.54) is 11.3 Å². The number of hydrogen-bond donors (Lipinski definition) is 2. The lowest BCUT2D eigenvalue weighted by molar-refractivity contribution is -0.114. The normalized spacial score (nSPS) is 16.3. The van der Waals surface area contributed by atoms with E-state index < -0.39 is 5.60 Å². The molecule has 1 aromatic rings. The molecule has 0 radical (unpaired) electrons. The van der Waals surface area contributed by atoms with Crippen LogP contribution in [0.25, 0.3) is 0 Å². The largest absolute Gasteiger partial charge is 0.444 e. The summed E-state index contributed by atoms with van der Waals surface area (Å²) in [5, 5.41) is 5.20. The molecule has 3 N–H and O–H groups in total. The predicted octanol–water partition coefficient (Wildman–Crippen LogP) is 2.15. The number of nitrogens with zero attached hydrogens (tertiary/aromatic N) is 2. The number of hydrogen-bond acceptors (Lipinski definition) is 6. The minimum Gasteiger partial charge on any atom is -0.444 e. The number of rotatable bonds is 3. The summed E-state index contributed by atoms with van der Waals surface area (Å²) in [5.74, 6) is 0.0547. The van der Waals surface area contributed by atoms with Crippen molar-refractivity contribution in [3.63, 3.8) is 0 Å². The van der Waals surface area contributed by atoms with Crippen molar-refractivity contribution in [2.75, 3.05) is 25.0 Å². The van der Waals surface area contributed by atoms with Crippen LogP contribution in [0.2, 0.25) is 0 Å². The van der Waals surface area contributed by atoms with Crippen LogP contribution in [-0.2, 0) is 9.53 Å². The van der Waals surface area contributed by atoms with Crippen LogP contribution in [0.1, 0.15) is 45.2 Å². The molecule has 7 nitrogen and oxygen atoms in total. The Morgan fingerprint density at radius 3 is 2.65 bits per heavy atom. The Morgan fingerprint density at radius 2 is 2.09 bits per heavy atom. The van der Waals surface area contributed by atoms with Crippen molar-refractivity contribution in [1.82, 2.24) is 9.88 Å². The molecule has 0 bridgehead atoms. The van der Waals surface area contributed by atoms with Crippen LogP contribution in [0.15, 0.2) is 5.38 Å². The summed E-state index contributed by atoms with van der Waals surface area (Å²) in [7, 11) is 0. The molecule has 128 valence electrons. The second-order valence-corrected chi connectivity index (χ2v) is 7.43. The van der Waals surface area contributed by atoms with Gasteiger partial charge in [0.05, 0.1) is 12.2 Å². The highest BCUT2D eigenvalue weighted by atomic mass is 32.1. The van der Waals surface area contributed by atoms with Crippen molar-refractivity contribution in [3.8, 4) is 0 Å². The van der Waals surface area contributed by atoms with E-state index in [0.717, 1.165) is 18.5 Å². The summed E-state index contributed by atoms with van der Waals surface area (Å²) in [4.78, 5) is 29.5. The van der Waals surface area contributed by atoms with Gasteiger partial charge in [-0.25, -0.2) is 9.78 Å². The first kappa shape index (κ1) is 17.7. The lowest BCUT2D eigenvalue weighted by Crippen LogP contribution is -2.41. The van der Waals surface area contributed by atoms with E-state index in [1.54, 1.807) is 4.90 Å². The highest BCUT2D eigenvalue weighted by Crippen LogP contribution is 2.30. The molecule has 2 heterocycles. The van der Waals surface area contributed by atoms with E-state index in [1.807, 2.05) is 26.2 Å². The number of amides is 2. The fourth-order valence-corrected chi connectivity index (χ4v) is 3.19. The van der Waals surface area contributed by atoms with Gasteiger partial charge in [-0.1, -0.05) is 0 Å². The molecule has 23 heavy (non-hydrogen) atoms. The molecule has 1 aromatic heterocycles. The number of carbonyl (C=O) groups excluding carboxylic acids is 2. The first-order valence-electron chi connectivity index (χ1n) is 7.72. The van der Waals surface area contributed by atoms with E-state index >= 15 is 0 Å². The van der Waals surface area contributed by atoms with Crippen LogP contribution in [0.4, 0.5) is 9.93 Å². The summed E-state index contributed by atoms with van der Waals surface area (Å²) in [6.07, 6.45) is 1.42. The van der Waals surface area contributed by atoms with Gasteiger partial charge in [0.1, 0.15) is 5.60 Å². The van der Waals surface area contributed by atoms with Gasteiger partial charge >= 0.3 is 6.09 Å². The third-order valence-corrected chi connectivity index (χ3v) is 4.29. The van der Waals surface area contributed by atoms with Gasteiger partial charge in [0.2, 0.25) is 5.91 Å². The molecular weight excluding hydrogens is 316 g/mol. The van der Waals surface area contributed by atoms with E-state index in [2.05, 4.69) is 10.3 Å². The topological polar surface area (TPSA) is 97.5 Å². The molecule has 1 fully saturated rings. The smallest absolute Gasteiger partial charge is 0.410 e. The zero-order valence-corrected chi connectivity index (χ0v) is 14.6. The zero-order chi connectivity index (χ0) is 17.0. The lowest BCUT2D eigenvalue weighted by atomic mass is 9.94. The molecule has 2 amide bonds. The Balaban J connectivity index is 1.87. The summed E-state index contributed by atoms with van der Waals surface area (Å²) in [6, 6.07) is 0. The van der Waals surface area contributed by atoms with Crippen LogP contribution in [0, 0.1) is 0 Å². The number of nitrogens with one attached hydrogen (secondary N) is 1. The maximum absolute atomic E-state index is 12.0. The molecule has 1 aliphatic rings. The first-order valence-corrected chi connectivity index (χ1v) is 8.59. The molecule has 0 unspecified atom stereocenters. The maximum atomic E-state index is 12.0. The fraction of sp³-hybridized carbons (Fsp3) is 0.667. The molecule has 8 heteroatoms. The van der Waals surface area contributed by atoms with Gasteiger partial charge in [0.25, 0.3) is 0 Å². The van der Waals surface area contributed by atoms with Gasteiger partial charge in [-0.15, -0.1) is 11.3 Å². The van der Waals surface area contributed by atoms with Gasteiger partial charge < -0.3 is 20.7 Å². The second-order valence-electron chi connectivity index (χ2n) is 6.57. The van der Waals surface area contributed by atoms with Gasteiger partial charge in [0.15, 0.2) is 5.13 Å². The SMILES string of the molecule is CC(C)(C)OC(=O)N1CCC(c2csc(NC(=O)CN)n2)CC1. The third-order valence-electron chi connectivity index (χ3n) is 3.52. The molecule has 2 rings (SSSR count). The number of likely N-dealkylation sites (tertiary alicyclic amines) is 1. The van der Waals surface area contributed by atoms with Crippen molar-refractivity contribution in [3.05, 3.63) is 11.1 Å². The number of aromatic nitrogens is 1. The number of thiazole rings is 1. The molecular formula is C15H24N4O3S. The number of anilines is 1. The van der Waals surface area contributed by atoms with E-state index in [-0.39, 0.29) is 18.5 Å². The van der Waals surface area contributed by atoms with Crippen molar-refractivity contribution < 1.29 is 14.3 Å². The molecule has 0 aromatic carbocycles. The van der Waals surface area contributed by atoms with Crippen LogP contribution in [0.5, 0.6) is 0 Å². The molecule has 1 saturated heterocycles. The summed E-state index contributed by atoms with van der Waals surface area (Å²) in [6.45, 7) is 6.85. The molecule has 0 spiro atoms. The van der Waals surface area contributed by atoms with Crippen molar-refractivity contribution >= 4 is 28.5 Å². The van der Waals surface area contributed by atoms with Crippen LogP contribution < -0.4 is 11.1 Å². The summed E-state index contributed by atoms with van der Waals surface area (Å²) < 4.78 is 5.39. The Labute approximate surface area is 140 Å². The standard InChI is InChI=1S/C15H24N4O3S/c1-15(2,3)22-14(21)19-6-4-10(5-7-19)11-9-23-13(17-11)18-12(20)8-16/h9-10H,4-8,16H2,1-3H3,(H,17,18,20). The Morgan fingerprint density at radius 1 is 1.43 bits per heavy atom. The molecule has 0 aliphatic carbocycles. The van der Waals surface area contributed by atoms with E-state index in [9.17, 15) is 9.59 Å². The Kier molecular flexibility index (Phi) is 5.59. The van der Waals surface area contributed by atoms with Gasteiger partial charge in [-0.05, 0) is 33.6 Å². The quantitative estimate of drug-likeness (QED) is 0.878. The molecule has 0 saturated carbocycles. The third kappa shape index (κ3) is 5.18. The minimum absolute atomic E-state index is 0.0524. The zero-order valence-electron chi connectivity index (χ0n) is 13.8. The lowest BCUT2D eigenvalue weighted by Gasteiger charge is -2.32.